The molecule has 0 bridgehead atoms. The van der Waals surface area contributed by atoms with Gasteiger partial charge < -0.3 is 10.0 Å². The lowest BCUT2D eigenvalue weighted by Crippen LogP contribution is -2.34. The van der Waals surface area contributed by atoms with E-state index in [1.54, 1.807) is 0 Å². The first-order valence-electron chi connectivity index (χ1n) is 7.47. The highest BCUT2D eigenvalue weighted by molar-refractivity contribution is 6.06. The van der Waals surface area contributed by atoms with Crippen molar-refractivity contribution in [3.8, 4) is 0 Å². The Bertz CT molecular complexity index is 682. The van der Waals surface area contributed by atoms with Crippen molar-refractivity contribution in [3.05, 3.63) is 36.0 Å². The van der Waals surface area contributed by atoms with Gasteiger partial charge in [0, 0.05) is 29.6 Å². The predicted octanol–water partition coefficient (Wildman–Crippen LogP) is 3.56. The van der Waals surface area contributed by atoms with Gasteiger partial charge >= 0.3 is 5.97 Å². The van der Waals surface area contributed by atoms with Gasteiger partial charge in [-0.25, -0.2) is 9.78 Å². The smallest absolute Gasteiger partial charge is 0.337 e. The van der Waals surface area contributed by atoms with E-state index in [1.165, 1.54) is 19.0 Å². The van der Waals surface area contributed by atoms with Crippen molar-refractivity contribution in [2.45, 2.75) is 32.7 Å². The lowest BCUT2D eigenvalue weighted by molar-refractivity contribution is 0.0698. The molecule has 1 fully saturated rings. The largest absolute Gasteiger partial charge is 0.478 e. The van der Waals surface area contributed by atoms with Gasteiger partial charge in [-0.05, 0) is 18.8 Å². The second-order valence-electron chi connectivity index (χ2n) is 5.99. The molecule has 21 heavy (non-hydrogen) atoms. The Balaban J connectivity index is 2.16. The highest BCUT2D eigenvalue weighted by Crippen LogP contribution is 2.34. The molecule has 1 unspecified atom stereocenters. The molecule has 1 atom stereocenters. The van der Waals surface area contributed by atoms with E-state index >= 15 is 0 Å². The standard InChI is InChI=1S/C17H20N2O2/c1-11(2)15-8-5-9-19(15)16-13-7-4-3-6-12(13)14(10-18-16)17(20)21/h3-4,6-7,10-11,15H,5,8-9H2,1-2H3,(H,20,21). The zero-order chi connectivity index (χ0) is 15.0. The Hall–Kier alpha value is -2.10. The Labute approximate surface area is 124 Å². The maximum absolute atomic E-state index is 11.4. The van der Waals surface area contributed by atoms with Gasteiger partial charge in [0.05, 0.1) is 5.56 Å². The first-order valence-corrected chi connectivity index (χ1v) is 7.47. The summed E-state index contributed by atoms with van der Waals surface area (Å²) >= 11 is 0. The number of hydrogen-bond donors (Lipinski definition) is 1. The van der Waals surface area contributed by atoms with Crippen LogP contribution in [0.25, 0.3) is 10.8 Å². The summed E-state index contributed by atoms with van der Waals surface area (Å²) in [4.78, 5) is 18.2. The van der Waals surface area contributed by atoms with Crippen LogP contribution in [0.3, 0.4) is 0 Å². The normalized spacial score (nSPS) is 18.6. The van der Waals surface area contributed by atoms with E-state index in [1.807, 2.05) is 24.3 Å². The van der Waals surface area contributed by atoms with Gasteiger partial charge in [0.1, 0.15) is 5.82 Å². The molecular weight excluding hydrogens is 264 g/mol. The fourth-order valence-electron chi connectivity index (χ4n) is 3.33. The highest BCUT2D eigenvalue weighted by Gasteiger charge is 2.29. The quantitative estimate of drug-likeness (QED) is 0.936. The summed E-state index contributed by atoms with van der Waals surface area (Å²) in [7, 11) is 0. The van der Waals surface area contributed by atoms with Crippen molar-refractivity contribution in [1.29, 1.82) is 0 Å². The van der Waals surface area contributed by atoms with Gasteiger partial charge in [0.2, 0.25) is 0 Å². The van der Waals surface area contributed by atoms with Crippen LogP contribution < -0.4 is 4.90 Å². The molecule has 0 radical (unpaired) electrons. The topological polar surface area (TPSA) is 53.4 Å². The Kier molecular flexibility index (Phi) is 3.53. The fraction of sp³-hybridized carbons (Fsp3) is 0.412. The molecule has 0 saturated carbocycles. The van der Waals surface area contributed by atoms with E-state index in [4.69, 9.17) is 0 Å². The molecule has 2 heterocycles. The SMILES string of the molecule is CC(C)C1CCCN1c1ncc(C(=O)O)c2ccccc12. The molecule has 1 aromatic carbocycles. The van der Waals surface area contributed by atoms with Gasteiger partial charge in [0.15, 0.2) is 0 Å². The molecule has 110 valence electrons. The summed E-state index contributed by atoms with van der Waals surface area (Å²) in [5, 5.41) is 11.0. The highest BCUT2D eigenvalue weighted by atomic mass is 16.4. The van der Waals surface area contributed by atoms with Crippen LogP contribution >= 0.6 is 0 Å². The number of carboxylic acid groups (broad SMARTS) is 1. The summed E-state index contributed by atoms with van der Waals surface area (Å²) in [5.41, 5.74) is 0.273. The summed E-state index contributed by atoms with van der Waals surface area (Å²) < 4.78 is 0. The van der Waals surface area contributed by atoms with Crippen LogP contribution in [0.1, 0.15) is 37.0 Å². The zero-order valence-electron chi connectivity index (χ0n) is 12.4. The third-order valence-corrected chi connectivity index (χ3v) is 4.35. The molecule has 0 amide bonds. The first kappa shape index (κ1) is 13.9. The van der Waals surface area contributed by atoms with Crippen LogP contribution in [0.15, 0.2) is 30.5 Å². The minimum atomic E-state index is -0.924. The number of aromatic carboxylic acids is 1. The predicted molar refractivity (Wildman–Crippen MR) is 83.9 cm³/mol. The molecule has 1 aliphatic rings. The summed E-state index contributed by atoms with van der Waals surface area (Å²) in [6, 6.07) is 8.14. The Morgan fingerprint density at radius 1 is 1.33 bits per heavy atom. The molecule has 2 aromatic rings. The van der Waals surface area contributed by atoms with Crippen LogP contribution in [-0.4, -0.2) is 28.6 Å². The van der Waals surface area contributed by atoms with Crippen LogP contribution in [0.2, 0.25) is 0 Å². The van der Waals surface area contributed by atoms with E-state index in [9.17, 15) is 9.90 Å². The first-order chi connectivity index (χ1) is 10.1. The number of benzene rings is 1. The number of pyridine rings is 1. The number of aromatic nitrogens is 1. The molecule has 0 spiro atoms. The molecule has 1 saturated heterocycles. The monoisotopic (exact) mass is 284 g/mol. The van der Waals surface area contributed by atoms with E-state index in [0.29, 0.717) is 12.0 Å². The lowest BCUT2D eigenvalue weighted by Gasteiger charge is -2.29. The van der Waals surface area contributed by atoms with Gasteiger partial charge in [-0.3, -0.25) is 0 Å². The summed E-state index contributed by atoms with van der Waals surface area (Å²) in [5.74, 6) is 0.561. The van der Waals surface area contributed by atoms with E-state index < -0.39 is 5.97 Å². The number of hydrogen-bond acceptors (Lipinski definition) is 3. The van der Waals surface area contributed by atoms with Gasteiger partial charge in [-0.1, -0.05) is 38.1 Å². The van der Waals surface area contributed by atoms with Crippen molar-refractivity contribution in [2.75, 3.05) is 11.4 Å². The molecular formula is C17H20N2O2. The molecule has 1 N–H and O–H groups in total. The number of fused-ring (bicyclic) bond motifs is 1. The van der Waals surface area contributed by atoms with E-state index in [2.05, 4.69) is 23.7 Å². The Morgan fingerprint density at radius 3 is 2.71 bits per heavy atom. The van der Waals surface area contributed by atoms with Crippen molar-refractivity contribution in [3.63, 3.8) is 0 Å². The summed E-state index contributed by atoms with van der Waals surface area (Å²) in [6.07, 6.45) is 3.84. The van der Waals surface area contributed by atoms with Crippen molar-refractivity contribution in [2.24, 2.45) is 5.92 Å². The van der Waals surface area contributed by atoms with Gasteiger partial charge in [0.25, 0.3) is 0 Å². The van der Waals surface area contributed by atoms with E-state index in [-0.39, 0.29) is 5.56 Å². The van der Waals surface area contributed by atoms with Crippen molar-refractivity contribution >= 4 is 22.6 Å². The van der Waals surface area contributed by atoms with Gasteiger partial charge in [-0.15, -0.1) is 0 Å². The second kappa shape index (κ2) is 5.35. The van der Waals surface area contributed by atoms with Crippen LogP contribution in [0.4, 0.5) is 5.82 Å². The molecule has 1 aliphatic heterocycles. The average Bonchev–Trinajstić information content (AvgIpc) is 2.95. The van der Waals surface area contributed by atoms with Crippen molar-refractivity contribution < 1.29 is 9.90 Å². The van der Waals surface area contributed by atoms with Crippen LogP contribution in [0, 0.1) is 5.92 Å². The number of rotatable bonds is 3. The molecule has 4 nitrogen and oxygen atoms in total. The molecule has 0 aliphatic carbocycles. The fourth-order valence-corrected chi connectivity index (χ4v) is 3.33. The third kappa shape index (κ3) is 2.35. The second-order valence-corrected chi connectivity index (χ2v) is 5.99. The number of nitrogens with zero attached hydrogens (tertiary/aromatic N) is 2. The van der Waals surface area contributed by atoms with Crippen LogP contribution in [0.5, 0.6) is 0 Å². The number of carbonyl (C=O) groups is 1. The third-order valence-electron chi connectivity index (χ3n) is 4.35. The van der Waals surface area contributed by atoms with Crippen molar-refractivity contribution in [1.82, 2.24) is 4.98 Å². The summed E-state index contributed by atoms with van der Waals surface area (Å²) in [6.45, 7) is 5.46. The molecule has 4 heteroatoms. The Morgan fingerprint density at radius 2 is 2.05 bits per heavy atom. The molecule has 1 aromatic heterocycles. The zero-order valence-corrected chi connectivity index (χ0v) is 12.4. The minimum absolute atomic E-state index is 0.273. The lowest BCUT2D eigenvalue weighted by atomic mass is 10.0. The number of carboxylic acids is 1. The van der Waals surface area contributed by atoms with E-state index in [0.717, 1.165) is 23.1 Å². The minimum Gasteiger partial charge on any atom is -0.478 e. The maximum Gasteiger partial charge on any atom is 0.337 e. The number of anilines is 1. The van der Waals surface area contributed by atoms with Gasteiger partial charge in [-0.2, -0.15) is 0 Å². The molecule has 3 rings (SSSR count). The van der Waals surface area contributed by atoms with Crippen LogP contribution in [-0.2, 0) is 0 Å². The maximum atomic E-state index is 11.4. The average molecular weight is 284 g/mol.